The van der Waals surface area contributed by atoms with Crippen LogP contribution in [0.4, 0.5) is 28.9 Å². The van der Waals surface area contributed by atoms with E-state index >= 15 is 0 Å². The van der Waals surface area contributed by atoms with E-state index in [2.05, 4.69) is 15.0 Å². The Labute approximate surface area is 129 Å². The van der Waals surface area contributed by atoms with Crippen molar-refractivity contribution >= 4 is 17.3 Å². The van der Waals surface area contributed by atoms with Gasteiger partial charge in [-0.15, -0.1) is 0 Å². The molecule has 0 aliphatic carbocycles. The molecule has 1 aromatic heterocycles. The summed E-state index contributed by atoms with van der Waals surface area (Å²) in [5.74, 6) is -1.40. The molecule has 0 fully saturated rings. The number of nitrogens with zero attached hydrogens (tertiary/aromatic N) is 1. The number of alkyl halides is 3. The van der Waals surface area contributed by atoms with Gasteiger partial charge in [0.05, 0.1) is 24.6 Å². The fourth-order valence-corrected chi connectivity index (χ4v) is 1.90. The van der Waals surface area contributed by atoms with Gasteiger partial charge in [-0.05, 0) is 36.8 Å². The minimum Gasteiger partial charge on any atom is -0.465 e. The molecule has 0 unspecified atom stereocenters. The third-order valence-corrected chi connectivity index (χ3v) is 3.06. The van der Waals surface area contributed by atoms with Crippen molar-refractivity contribution in [3.05, 3.63) is 53.1 Å². The first kappa shape index (κ1) is 16.7. The summed E-state index contributed by atoms with van der Waals surface area (Å²) in [4.78, 5) is 15.0. The summed E-state index contributed by atoms with van der Waals surface area (Å²) in [5, 5.41) is 2.76. The number of nitrogens with one attached hydrogen (secondary N) is 1. The van der Waals surface area contributed by atoms with Gasteiger partial charge in [0, 0.05) is 5.69 Å². The maximum Gasteiger partial charge on any atom is 0.433 e. The number of ether oxygens (including phenoxy) is 1. The Morgan fingerprint density at radius 3 is 2.48 bits per heavy atom. The molecule has 0 aliphatic heterocycles. The average molecular weight is 328 g/mol. The highest BCUT2D eigenvalue weighted by atomic mass is 19.4. The third-order valence-electron chi connectivity index (χ3n) is 3.06. The fraction of sp³-hybridized carbons (Fsp3) is 0.200. The van der Waals surface area contributed by atoms with Crippen molar-refractivity contribution in [3.8, 4) is 0 Å². The van der Waals surface area contributed by atoms with Crippen molar-refractivity contribution in [1.82, 2.24) is 4.98 Å². The summed E-state index contributed by atoms with van der Waals surface area (Å²) >= 11 is 0. The first-order chi connectivity index (χ1) is 10.7. The Bertz CT molecular complexity index is 745. The monoisotopic (exact) mass is 328 g/mol. The molecule has 1 aromatic carbocycles. The lowest BCUT2D eigenvalue weighted by atomic mass is 10.1. The van der Waals surface area contributed by atoms with Crippen LogP contribution in [0.1, 0.15) is 21.6 Å². The van der Waals surface area contributed by atoms with Crippen molar-refractivity contribution in [2.24, 2.45) is 0 Å². The second-order valence-corrected chi connectivity index (χ2v) is 4.69. The first-order valence-corrected chi connectivity index (χ1v) is 6.41. The molecule has 0 atom stereocenters. The molecule has 0 saturated heterocycles. The van der Waals surface area contributed by atoms with Crippen molar-refractivity contribution < 1.29 is 27.1 Å². The summed E-state index contributed by atoms with van der Waals surface area (Å²) in [7, 11) is 1.06. The van der Waals surface area contributed by atoms with Gasteiger partial charge in [0.1, 0.15) is 11.5 Å². The summed E-state index contributed by atoms with van der Waals surface area (Å²) in [6, 6.07) is 4.44. The van der Waals surface area contributed by atoms with Crippen LogP contribution in [-0.2, 0) is 10.9 Å². The number of anilines is 2. The van der Waals surface area contributed by atoms with Gasteiger partial charge >= 0.3 is 12.1 Å². The highest BCUT2D eigenvalue weighted by Crippen LogP contribution is 2.31. The summed E-state index contributed by atoms with van der Waals surface area (Å²) in [6.45, 7) is 1.61. The molecule has 1 heterocycles. The highest BCUT2D eigenvalue weighted by Gasteiger charge is 2.34. The SMILES string of the molecule is COC(=O)c1cc(C(F)(F)F)ncc1Nc1ccc(F)cc1C. The quantitative estimate of drug-likeness (QED) is 0.681. The van der Waals surface area contributed by atoms with E-state index in [1.807, 2.05) is 0 Å². The number of methoxy groups -OCH3 is 1. The Morgan fingerprint density at radius 2 is 1.91 bits per heavy atom. The second-order valence-electron chi connectivity index (χ2n) is 4.69. The van der Waals surface area contributed by atoms with Crippen molar-refractivity contribution in [2.75, 3.05) is 12.4 Å². The molecule has 2 rings (SSSR count). The number of hydrogen-bond acceptors (Lipinski definition) is 4. The molecule has 0 spiro atoms. The lowest BCUT2D eigenvalue weighted by molar-refractivity contribution is -0.141. The number of carbonyl (C=O) groups is 1. The fourth-order valence-electron chi connectivity index (χ4n) is 1.90. The number of aromatic nitrogens is 1. The van der Waals surface area contributed by atoms with Crippen LogP contribution in [0.3, 0.4) is 0 Å². The van der Waals surface area contributed by atoms with E-state index in [9.17, 15) is 22.4 Å². The van der Waals surface area contributed by atoms with E-state index in [4.69, 9.17) is 0 Å². The number of pyridine rings is 1. The maximum atomic E-state index is 13.1. The lowest BCUT2D eigenvalue weighted by Crippen LogP contribution is -2.13. The van der Waals surface area contributed by atoms with E-state index in [-0.39, 0.29) is 11.3 Å². The highest BCUT2D eigenvalue weighted by molar-refractivity contribution is 5.96. The molecule has 4 nitrogen and oxygen atoms in total. The number of hydrogen-bond donors (Lipinski definition) is 1. The Balaban J connectivity index is 2.47. The topological polar surface area (TPSA) is 51.2 Å². The molecule has 122 valence electrons. The van der Waals surface area contributed by atoms with Crippen molar-refractivity contribution in [2.45, 2.75) is 13.1 Å². The standard InChI is InChI=1S/C15H12F4N2O2/c1-8-5-9(16)3-4-11(8)21-12-7-20-13(15(17,18)19)6-10(12)14(22)23-2/h3-7,21H,1-2H3. The molecule has 23 heavy (non-hydrogen) atoms. The Kier molecular flexibility index (Phi) is 4.53. The summed E-state index contributed by atoms with van der Waals surface area (Å²) in [5.41, 5.74) is -0.559. The number of benzene rings is 1. The van der Waals surface area contributed by atoms with Gasteiger partial charge in [0.15, 0.2) is 0 Å². The number of rotatable bonds is 3. The van der Waals surface area contributed by atoms with Gasteiger partial charge in [-0.3, -0.25) is 0 Å². The van der Waals surface area contributed by atoms with Gasteiger partial charge in [-0.25, -0.2) is 14.2 Å². The molecular formula is C15H12F4N2O2. The van der Waals surface area contributed by atoms with Crippen molar-refractivity contribution in [1.29, 1.82) is 0 Å². The number of halogens is 4. The van der Waals surface area contributed by atoms with Crippen LogP contribution in [0.5, 0.6) is 0 Å². The second kappa shape index (κ2) is 6.23. The largest absolute Gasteiger partial charge is 0.465 e. The van der Waals surface area contributed by atoms with Gasteiger partial charge in [0.25, 0.3) is 0 Å². The van der Waals surface area contributed by atoms with Gasteiger partial charge < -0.3 is 10.1 Å². The van der Waals surface area contributed by atoms with E-state index in [0.29, 0.717) is 17.3 Å². The molecular weight excluding hydrogens is 316 g/mol. The number of esters is 1. The maximum absolute atomic E-state index is 13.1. The van der Waals surface area contributed by atoms with Crippen LogP contribution in [0.2, 0.25) is 0 Å². The van der Waals surface area contributed by atoms with Crippen LogP contribution in [0.25, 0.3) is 0 Å². The van der Waals surface area contributed by atoms with Gasteiger partial charge in [-0.1, -0.05) is 0 Å². The summed E-state index contributed by atoms with van der Waals surface area (Å²) in [6.07, 6.45) is -3.80. The lowest BCUT2D eigenvalue weighted by Gasteiger charge is -2.14. The Morgan fingerprint density at radius 1 is 1.22 bits per heavy atom. The van der Waals surface area contributed by atoms with E-state index in [1.165, 1.54) is 18.2 Å². The zero-order valence-corrected chi connectivity index (χ0v) is 12.2. The first-order valence-electron chi connectivity index (χ1n) is 6.41. The molecule has 2 aromatic rings. The minimum absolute atomic E-state index is 0.0274. The van der Waals surface area contributed by atoms with E-state index in [0.717, 1.165) is 13.3 Å². The molecule has 8 heteroatoms. The molecule has 0 saturated carbocycles. The Hall–Kier alpha value is -2.64. The van der Waals surface area contributed by atoms with Crippen molar-refractivity contribution in [3.63, 3.8) is 0 Å². The predicted molar refractivity (Wildman–Crippen MR) is 75.0 cm³/mol. The van der Waals surface area contributed by atoms with Crippen LogP contribution < -0.4 is 5.32 Å². The summed E-state index contributed by atoms with van der Waals surface area (Å²) < 4.78 is 55.8. The number of aryl methyl sites for hydroxylation is 1. The molecule has 1 N–H and O–H groups in total. The average Bonchev–Trinajstić information content (AvgIpc) is 2.48. The normalized spacial score (nSPS) is 11.2. The zero-order valence-electron chi connectivity index (χ0n) is 12.2. The smallest absolute Gasteiger partial charge is 0.433 e. The van der Waals surface area contributed by atoms with E-state index < -0.39 is 23.7 Å². The molecule has 0 amide bonds. The third kappa shape index (κ3) is 3.77. The molecule has 0 aliphatic rings. The minimum atomic E-state index is -4.69. The van der Waals surface area contributed by atoms with Gasteiger partial charge in [-0.2, -0.15) is 13.2 Å². The van der Waals surface area contributed by atoms with Crippen LogP contribution in [0.15, 0.2) is 30.5 Å². The van der Waals surface area contributed by atoms with Gasteiger partial charge in [0.2, 0.25) is 0 Å². The van der Waals surface area contributed by atoms with Crippen LogP contribution in [0, 0.1) is 12.7 Å². The van der Waals surface area contributed by atoms with E-state index in [1.54, 1.807) is 6.92 Å². The predicted octanol–water partition coefficient (Wildman–Crippen LogP) is 4.08. The van der Waals surface area contributed by atoms with Crippen LogP contribution >= 0.6 is 0 Å². The number of carbonyl (C=O) groups excluding carboxylic acids is 1. The zero-order chi connectivity index (χ0) is 17.2. The van der Waals surface area contributed by atoms with Crippen LogP contribution in [-0.4, -0.2) is 18.1 Å². The molecule has 0 bridgehead atoms. The molecule has 0 radical (unpaired) electrons.